The molecule has 0 aliphatic heterocycles. The summed E-state index contributed by atoms with van der Waals surface area (Å²) in [6.45, 7) is 0. The zero-order valence-electron chi connectivity index (χ0n) is 9.60. The molecule has 0 bridgehead atoms. The Hall–Kier alpha value is -0.680. The van der Waals surface area contributed by atoms with Gasteiger partial charge in [0.25, 0.3) is 20.0 Å². The molecule has 0 radical (unpaired) electrons. The molecule has 20 heavy (non-hydrogen) atoms. The zero-order chi connectivity index (χ0) is 15.8. The van der Waals surface area contributed by atoms with Crippen LogP contribution in [0.1, 0.15) is 0 Å². The van der Waals surface area contributed by atoms with Gasteiger partial charge in [0.1, 0.15) is 0 Å². The Bertz CT molecular complexity index is 715. The summed E-state index contributed by atoms with van der Waals surface area (Å²) in [7, 11) is -8.96. The van der Waals surface area contributed by atoms with Crippen molar-refractivity contribution in [3.05, 3.63) is 23.2 Å². The maximum absolute atomic E-state index is 12.8. The molecular weight excluding hydrogens is 363 g/mol. The van der Waals surface area contributed by atoms with Crippen LogP contribution < -0.4 is 5.48 Å². The number of nitrogens with one attached hydrogen (secondary N) is 1. The summed E-state index contributed by atoms with van der Waals surface area (Å²) in [5.41, 5.74) is 1.90. The Morgan fingerprint density at radius 3 is 2.20 bits per heavy atom. The van der Waals surface area contributed by atoms with E-state index in [0.717, 1.165) is 24.5 Å². The van der Waals surface area contributed by atoms with Crippen LogP contribution in [0, 0.1) is 0 Å². The molecule has 0 spiro atoms. The minimum Gasteiger partial charge on any atom is -0.249 e. The number of halogens is 4. The van der Waals surface area contributed by atoms with Crippen LogP contribution in [0.15, 0.2) is 23.1 Å². The number of hydrogen-bond donors (Lipinski definition) is 1. The first kappa shape index (κ1) is 17.4. The third-order valence-corrected chi connectivity index (χ3v) is 4.80. The van der Waals surface area contributed by atoms with Gasteiger partial charge >= 0.3 is 4.71 Å². The fourth-order valence-corrected chi connectivity index (χ4v) is 2.83. The van der Waals surface area contributed by atoms with Crippen LogP contribution in [0.4, 0.5) is 14.5 Å². The molecule has 1 rings (SSSR count). The molecule has 6 nitrogen and oxygen atoms in total. The number of hydrogen-bond acceptors (Lipinski definition) is 6. The molecule has 0 fully saturated rings. The Morgan fingerprint density at radius 2 is 1.80 bits per heavy atom. The van der Waals surface area contributed by atoms with Crippen molar-refractivity contribution in [2.75, 3.05) is 11.7 Å². The smallest absolute Gasteiger partial charge is 0.249 e. The van der Waals surface area contributed by atoms with Crippen LogP contribution in [0.2, 0.25) is 5.02 Å². The van der Waals surface area contributed by atoms with Gasteiger partial charge in [0, 0.05) is 0 Å². The normalized spacial score (nSPS) is 13.2. The van der Waals surface area contributed by atoms with Crippen molar-refractivity contribution in [2.24, 2.45) is 0 Å². The highest BCUT2D eigenvalue weighted by molar-refractivity contribution is 7.93. The Morgan fingerprint density at radius 1 is 1.25 bits per heavy atom. The maximum atomic E-state index is 12.8. The van der Waals surface area contributed by atoms with Crippen LogP contribution in [-0.4, -0.2) is 27.8 Å². The second-order valence-corrected chi connectivity index (χ2v) is 8.12. The van der Waals surface area contributed by atoms with E-state index in [2.05, 4.69) is 15.9 Å². The second kappa shape index (κ2) is 5.60. The van der Waals surface area contributed by atoms with Gasteiger partial charge in [0.05, 0.1) is 21.9 Å². The molecule has 12 heteroatoms. The lowest BCUT2D eigenvalue weighted by atomic mass is 10.3. The van der Waals surface area contributed by atoms with Crippen molar-refractivity contribution in [1.82, 2.24) is 0 Å². The molecule has 0 aromatic heterocycles. The molecule has 0 aliphatic rings. The van der Waals surface area contributed by atoms with Gasteiger partial charge in [-0.3, -0.25) is 0 Å². The summed E-state index contributed by atoms with van der Waals surface area (Å²) in [4.78, 5) is -0.899. The molecular formula is C8H7Cl2F2NO5S2. The lowest BCUT2D eigenvalue weighted by molar-refractivity contribution is 0.187. The number of sulfone groups is 1. The highest BCUT2D eigenvalue weighted by Gasteiger charge is 2.45. The van der Waals surface area contributed by atoms with Gasteiger partial charge in [-0.2, -0.15) is 21.5 Å². The first-order valence-corrected chi connectivity index (χ1v) is 8.65. The molecule has 0 saturated heterocycles. The number of anilines is 1. The van der Waals surface area contributed by atoms with Crippen molar-refractivity contribution >= 4 is 48.8 Å². The van der Waals surface area contributed by atoms with E-state index in [9.17, 15) is 25.6 Å². The van der Waals surface area contributed by atoms with Gasteiger partial charge in [0.2, 0.25) is 0 Å². The van der Waals surface area contributed by atoms with E-state index in [1.165, 1.54) is 0 Å². The van der Waals surface area contributed by atoms with E-state index in [1.807, 2.05) is 5.48 Å². The van der Waals surface area contributed by atoms with Crippen molar-refractivity contribution in [3.8, 4) is 0 Å². The minimum atomic E-state index is -5.15. The van der Waals surface area contributed by atoms with Crippen LogP contribution in [0.5, 0.6) is 0 Å². The quantitative estimate of drug-likeness (QED) is 0.632. The monoisotopic (exact) mass is 369 g/mol. The summed E-state index contributed by atoms with van der Waals surface area (Å²) in [5.74, 6) is 0. The Kier molecular flexibility index (Phi) is 4.87. The fraction of sp³-hybridized carbons (Fsp3) is 0.250. The predicted octanol–water partition coefficient (Wildman–Crippen LogP) is 2.21. The largest absolute Gasteiger partial charge is 0.427 e. The Balaban J connectivity index is 3.13. The van der Waals surface area contributed by atoms with E-state index in [-0.39, 0.29) is 5.69 Å². The maximum Gasteiger partial charge on any atom is 0.427 e. The first-order valence-electron chi connectivity index (χ1n) is 4.60. The van der Waals surface area contributed by atoms with Crippen molar-refractivity contribution in [1.29, 1.82) is 0 Å². The molecule has 1 aromatic rings. The van der Waals surface area contributed by atoms with Crippen molar-refractivity contribution < 1.29 is 29.9 Å². The van der Waals surface area contributed by atoms with Crippen molar-refractivity contribution in [3.63, 3.8) is 0 Å². The SMILES string of the molecule is CS(=O)(=O)ONc1ccc(S(=O)(=O)C(F)(F)Cl)c(Cl)c1. The average Bonchev–Trinajstić information content (AvgIpc) is 2.23. The zero-order valence-corrected chi connectivity index (χ0v) is 12.7. The summed E-state index contributed by atoms with van der Waals surface area (Å²) >= 11 is 10.0. The van der Waals surface area contributed by atoms with Gasteiger partial charge in [-0.25, -0.2) is 13.9 Å². The van der Waals surface area contributed by atoms with Crippen LogP contribution in [-0.2, 0) is 24.2 Å². The fourth-order valence-electron chi connectivity index (χ4n) is 1.03. The van der Waals surface area contributed by atoms with Gasteiger partial charge in [-0.05, 0) is 29.8 Å². The lowest BCUT2D eigenvalue weighted by Crippen LogP contribution is -2.22. The number of alkyl halides is 3. The number of rotatable bonds is 5. The second-order valence-electron chi connectivity index (χ2n) is 3.48. The van der Waals surface area contributed by atoms with Gasteiger partial charge in [-0.1, -0.05) is 11.6 Å². The summed E-state index contributed by atoms with van der Waals surface area (Å²) < 4.78 is 69.4. The van der Waals surface area contributed by atoms with Gasteiger partial charge in [-0.15, -0.1) is 0 Å². The van der Waals surface area contributed by atoms with E-state index >= 15 is 0 Å². The summed E-state index contributed by atoms with van der Waals surface area (Å²) in [6.07, 6.45) is 0.758. The molecule has 1 N–H and O–H groups in total. The Labute approximate surface area is 123 Å². The highest BCUT2D eigenvalue weighted by atomic mass is 35.5. The highest BCUT2D eigenvalue weighted by Crippen LogP contribution is 2.36. The van der Waals surface area contributed by atoms with Crippen LogP contribution in [0.25, 0.3) is 0 Å². The van der Waals surface area contributed by atoms with E-state index < -0.39 is 34.6 Å². The predicted molar refractivity (Wildman–Crippen MR) is 69.0 cm³/mol. The number of benzene rings is 1. The van der Waals surface area contributed by atoms with E-state index in [4.69, 9.17) is 11.6 Å². The topological polar surface area (TPSA) is 89.5 Å². The third-order valence-electron chi connectivity index (χ3n) is 1.84. The van der Waals surface area contributed by atoms with E-state index in [1.54, 1.807) is 0 Å². The summed E-state index contributed by atoms with van der Waals surface area (Å²) in [6, 6.07) is 2.61. The van der Waals surface area contributed by atoms with Gasteiger partial charge < -0.3 is 0 Å². The van der Waals surface area contributed by atoms with E-state index in [0.29, 0.717) is 0 Å². The molecule has 0 saturated carbocycles. The molecule has 114 valence electrons. The first-order chi connectivity index (χ1) is 8.84. The molecule has 0 unspecified atom stereocenters. The van der Waals surface area contributed by atoms with Gasteiger partial charge in [0.15, 0.2) is 0 Å². The van der Waals surface area contributed by atoms with Crippen LogP contribution >= 0.6 is 23.2 Å². The minimum absolute atomic E-state index is 0.0581. The molecule has 0 heterocycles. The molecule has 0 amide bonds. The molecule has 0 atom stereocenters. The molecule has 0 aliphatic carbocycles. The lowest BCUT2D eigenvalue weighted by Gasteiger charge is -2.12. The van der Waals surface area contributed by atoms with Crippen molar-refractivity contribution in [2.45, 2.75) is 9.61 Å². The molecule has 1 aromatic carbocycles. The summed E-state index contributed by atoms with van der Waals surface area (Å²) in [5, 5.41) is -0.576. The van der Waals surface area contributed by atoms with Crippen LogP contribution in [0.3, 0.4) is 0 Å². The average molecular weight is 370 g/mol. The standard InChI is InChI=1S/C8H7Cl2F2NO5S2/c1-19(14,15)18-13-5-2-3-7(6(9)4-5)20(16,17)8(10,11)12/h2-4,13H,1H3. The third kappa shape index (κ3) is 4.16.